The van der Waals surface area contributed by atoms with E-state index >= 15 is 0 Å². The molecular weight excluding hydrogens is 218 g/mol. The monoisotopic (exact) mass is 237 g/mol. The van der Waals surface area contributed by atoms with Crippen molar-refractivity contribution < 1.29 is 4.92 Å². The highest BCUT2D eigenvalue weighted by molar-refractivity contribution is 5.62. The molecule has 0 saturated heterocycles. The summed E-state index contributed by atoms with van der Waals surface area (Å²) in [5.41, 5.74) is 6.89. The van der Waals surface area contributed by atoms with Crippen LogP contribution in [0.15, 0.2) is 18.2 Å². The van der Waals surface area contributed by atoms with Gasteiger partial charge in [-0.1, -0.05) is 19.9 Å². The summed E-state index contributed by atoms with van der Waals surface area (Å²) in [7, 11) is 0. The lowest BCUT2D eigenvalue weighted by atomic mass is 10.1. The van der Waals surface area contributed by atoms with Gasteiger partial charge in [0.1, 0.15) is 5.69 Å². The van der Waals surface area contributed by atoms with Crippen molar-refractivity contribution in [1.29, 1.82) is 0 Å². The second-order valence-electron chi connectivity index (χ2n) is 4.42. The van der Waals surface area contributed by atoms with E-state index in [0.717, 1.165) is 18.5 Å². The first-order valence-corrected chi connectivity index (χ1v) is 5.76. The molecule has 0 aliphatic carbocycles. The normalized spacial score (nSPS) is 10.6. The molecule has 0 aliphatic rings. The number of anilines is 1. The molecule has 0 radical (unpaired) electrons. The van der Waals surface area contributed by atoms with Crippen molar-refractivity contribution in [3.05, 3.63) is 33.9 Å². The van der Waals surface area contributed by atoms with Crippen molar-refractivity contribution in [2.45, 2.75) is 26.8 Å². The highest BCUT2D eigenvalue weighted by atomic mass is 16.6. The third kappa shape index (κ3) is 4.03. The fourth-order valence-corrected chi connectivity index (χ4v) is 1.50. The van der Waals surface area contributed by atoms with E-state index in [-0.39, 0.29) is 10.6 Å². The molecule has 3 N–H and O–H groups in total. The molecule has 94 valence electrons. The largest absolute Gasteiger partial charge is 0.379 e. The molecule has 1 aromatic rings. The summed E-state index contributed by atoms with van der Waals surface area (Å²) < 4.78 is 0. The summed E-state index contributed by atoms with van der Waals surface area (Å²) >= 11 is 0. The Morgan fingerprint density at radius 2 is 2.18 bits per heavy atom. The van der Waals surface area contributed by atoms with E-state index in [0.29, 0.717) is 18.2 Å². The van der Waals surface area contributed by atoms with Crippen LogP contribution in [0.4, 0.5) is 11.4 Å². The first-order chi connectivity index (χ1) is 8.04. The van der Waals surface area contributed by atoms with Gasteiger partial charge in [0.25, 0.3) is 5.69 Å². The molecule has 0 aliphatic heterocycles. The van der Waals surface area contributed by atoms with E-state index < -0.39 is 0 Å². The van der Waals surface area contributed by atoms with Crippen LogP contribution < -0.4 is 11.1 Å². The van der Waals surface area contributed by atoms with Crippen molar-refractivity contribution >= 4 is 11.4 Å². The summed E-state index contributed by atoms with van der Waals surface area (Å²) in [5, 5.41) is 14.0. The van der Waals surface area contributed by atoms with Gasteiger partial charge in [0.2, 0.25) is 0 Å². The lowest BCUT2D eigenvalue weighted by Gasteiger charge is -2.09. The van der Waals surface area contributed by atoms with Crippen LogP contribution >= 0.6 is 0 Å². The van der Waals surface area contributed by atoms with Gasteiger partial charge in [0, 0.05) is 19.2 Å². The Bertz CT molecular complexity index is 391. The Hall–Kier alpha value is -1.62. The number of nitro groups is 1. The molecular formula is C12H19N3O2. The van der Waals surface area contributed by atoms with E-state index in [4.69, 9.17) is 5.73 Å². The SMILES string of the molecule is CC(C)CCNc1ccc(CN)cc1[N+](=O)[O-]. The summed E-state index contributed by atoms with van der Waals surface area (Å²) in [6.07, 6.45) is 0.982. The van der Waals surface area contributed by atoms with Crippen LogP contribution in [0.25, 0.3) is 0 Å². The smallest absolute Gasteiger partial charge is 0.292 e. The number of nitrogens with two attached hydrogens (primary N) is 1. The zero-order valence-corrected chi connectivity index (χ0v) is 10.3. The molecule has 5 nitrogen and oxygen atoms in total. The van der Waals surface area contributed by atoms with Gasteiger partial charge in [-0.2, -0.15) is 0 Å². The third-order valence-corrected chi connectivity index (χ3v) is 2.53. The van der Waals surface area contributed by atoms with E-state index in [1.165, 1.54) is 6.07 Å². The first kappa shape index (κ1) is 13.4. The minimum absolute atomic E-state index is 0.0942. The predicted molar refractivity (Wildman–Crippen MR) is 68.9 cm³/mol. The van der Waals surface area contributed by atoms with E-state index in [1.807, 2.05) is 6.07 Å². The lowest BCUT2D eigenvalue weighted by Crippen LogP contribution is -2.07. The van der Waals surface area contributed by atoms with Crippen molar-refractivity contribution in [1.82, 2.24) is 0 Å². The second kappa shape index (κ2) is 6.20. The van der Waals surface area contributed by atoms with Crippen LogP contribution in [0, 0.1) is 16.0 Å². The number of nitrogens with one attached hydrogen (secondary N) is 1. The molecule has 0 heterocycles. The minimum Gasteiger partial charge on any atom is -0.379 e. The van der Waals surface area contributed by atoms with Crippen LogP contribution in [-0.2, 0) is 6.54 Å². The lowest BCUT2D eigenvalue weighted by molar-refractivity contribution is -0.384. The molecule has 0 spiro atoms. The van der Waals surface area contributed by atoms with Crippen LogP contribution in [-0.4, -0.2) is 11.5 Å². The number of nitrogens with zero attached hydrogens (tertiary/aromatic N) is 1. The number of rotatable bonds is 6. The van der Waals surface area contributed by atoms with Crippen molar-refractivity contribution in [2.75, 3.05) is 11.9 Å². The fraction of sp³-hybridized carbons (Fsp3) is 0.500. The van der Waals surface area contributed by atoms with E-state index in [9.17, 15) is 10.1 Å². The first-order valence-electron chi connectivity index (χ1n) is 5.76. The molecule has 0 unspecified atom stereocenters. The summed E-state index contributed by atoms with van der Waals surface area (Å²) in [4.78, 5) is 10.5. The standard InChI is InChI=1S/C12H19N3O2/c1-9(2)5-6-14-11-4-3-10(8-13)7-12(11)15(16)17/h3-4,7,9,14H,5-6,8,13H2,1-2H3. The summed E-state index contributed by atoms with van der Waals surface area (Å²) in [6.45, 7) is 5.29. The molecule has 0 atom stereocenters. The molecule has 0 aromatic heterocycles. The molecule has 1 rings (SSSR count). The number of benzene rings is 1. The fourth-order valence-electron chi connectivity index (χ4n) is 1.50. The molecule has 0 saturated carbocycles. The highest BCUT2D eigenvalue weighted by Crippen LogP contribution is 2.25. The third-order valence-electron chi connectivity index (χ3n) is 2.53. The molecule has 0 amide bonds. The number of nitro benzene ring substituents is 1. The highest BCUT2D eigenvalue weighted by Gasteiger charge is 2.13. The second-order valence-corrected chi connectivity index (χ2v) is 4.42. The van der Waals surface area contributed by atoms with Gasteiger partial charge >= 0.3 is 0 Å². The van der Waals surface area contributed by atoms with Gasteiger partial charge < -0.3 is 11.1 Å². The van der Waals surface area contributed by atoms with Crippen LogP contribution in [0.1, 0.15) is 25.8 Å². The van der Waals surface area contributed by atoms with Crippen molar-refractivity contribution in [3.8, 4) is 0 Å². The molecule has 5 heteroatoms. The number of hydrogen-bond donors (Lipinski definition) is 2. The van der Waals surface area contributed by atoms with E-state index in [1.54, 1.807) is 6.07 Å². The molecule has 17 heavy (non-hydrogen) atoms. The van der Waals surface area contributed by atoms with Gasteiger partial charge in [0.05, 0.1) is 4.92 Å². The Labute approximate surface area is 101 Å². The van der Waals surface area contributed by atoms with Gasteiger partial charge in [0.15, 0.2) is 0 Å². The zero-order valence-electron chi connectivity index (χ0n) is 10.3. The van der Waals surface area contributed by atoms with Crippen LogP contribution in [0.3, 0.4) is 0 Å². The Morgan fingerprint density at radius 1 is 1.47 bits per heavy atom. The topological polar surface area (TPSA) is 81.2 Å². The zero-order chi connectivity index (χ0) is 12.8. The van der Waals surface area contributed by atoms with Gasteiger partial charge in [-0.15, -0.1) is 0 Å². The molecule has 0 fully saturated rings. The van der Waals surface area contributed by atoms with Gasteiger partial charge in [-0.05, 0) is 24.0 Å². The Balaban J connectivity index is 2.80. The maximum atomic E-state index is 10.9. The Morgan fingerprint density at radius 3 is 2.71 bits per heavy atom. The number of hydrogen-bond acceptors (Lipinski definition) is 4. The van der Waals surface area contributed by atoms with Gasteiger partial charge in [-0.25, -0.2) is 0 Å². The van der Waals surface area contributed by atoms with Gasteiger partial charge in [-0.3, -0.25) is 10.1 Å². The molecule has 1 aromatic carbocycles. The Kier molecular flexibility index (Phi) is 4.90. The van der Waals surface area contributed by atoms with Crippen LogP contribution in [0.2, 0.25) is 0 Å². The summed E-state index contributed by atoms with van der Waals surface area (Å²) in [5.74, 6) is 0.574. The average molecular weight is 237 g/mol. The maximum Gasteiger partial charge on any atom is 0.292 e. The molecule has 0 bridgehead atoms. The average Bonchev–Trinajstić information content (AvgIpc) is 2.28. The maximum absolute atomic E-state index is 10.9. The summed E-state index contributed by atoms with van der Waals surface area (Å²) in [6, 6.07) is 5.06. The van der Waals surface area contributed by atoms with Crippen molar-refractivity contribution in [3.63, 3.8) is 0 Å². The predicted octanol–water partition coefficient (Wildman–Crippen LogP) is 2.51. The minimum atomic E-state index is -0.378. The van der Waals surface area contributed by atoms with Crippen molar-refractivity contribution in [2.24, 2.45) is 11.7 Å². The quantitative estimate of drug-likeness (QED) is 0.588. The van der Waals surface area contributed by atoms with Crippen LogP contribution in [0.5, 0.6) is 0 Å². The van der Waals surface area contributed by atoms with E-state index in [2.05, 4.69) is 19.2 Å².